The first-order chi connectivity index (χ1) is 6.56. The van der Waals surface area contributed by atoms with Crippen molar-refractivity contribution in [3.63, 3.8) is 0 Å². The molecule has 1 aromatic heterocycles. The van der Waals surface area contributed by atoms with E-state index < -0.39 is 0 Å². The Hall–Kier alpha value is -0.450. The molecule has 5 heteroatoms. The van der Waals surface area contributed by atoms with Gasteiger partial charge in [0.2, 0.25) is 0 Å². The highest BCUT2D eigenvalue weighted by molar-refractivity contribution is 9.10. The zero-order chi connectivity index (χ0) is 10.7. The van der Waals surface area contributed by atoms with Crippen molar-refractivity contribution in [3.8, 4) is 0 Å². The minimum Gasteiger partial charge on any atom is -0.396 e. The minimum atomic E-state index is -0.211. The van der Waals surface area contributed by atoms with Crippen molar-refractivity contribution >= 4 is 33.3 Å². The van der Waals surface area contributed by atoms with Gasteiger partial charge in [-0.05, 0) is 28.9 Å². The molecule has 1 heterocycles. The Morgan fingerprint density at radius 2 is 2.36 bits per heavy atom. The molecule has 0 saturated heterocycles. The number of aryl methyl sites for hydroxylation is 1. The predicted molar refractivity (Wildman–Crippen MR) is 57.7 cm³/mol. The first kappa shape index (κ1) is 11.6. The lowest BCUT2D eigenvalue weighted by molar-refractivity contribution is 0.0955. The third-order valence-corrected chi connectivity index (χ3v) is 2.57. The Kier molecular flexibility index (Phi) is 4.04. The topological polar surface area (TPSA) is 50.2 Å². The average Bonchev–Trinajstić information content (AvgIpc) is 2.01. The molecule has 0 amide bonds. The van der Waals surface area contributed by atoms with Crippen LogP contribution >= 0.6 is 27.5 Å². The fraction of sp³-hybridized carbons (Fsp3) is 0.333. The van der Waals surface area contributed by atoms with E-state index in [1.165, 1.54) is 0 Å². The number of carbonyl (C=O) groups excluding carboxylic acids is 1. The van der Waals surface area contributed by atoms with Gasteiger partial charge in [0.1, 0.15) is 5.15 Å². The minimum absolute atomic E-state index is 0.0586. The van der Waals surface area contributed by atoms with E-state index >= 15 is 0 Å². The van der Waals surface area contributed by atoms with Gasteiger partial charge in [0.25, 0.3) is 0 Å². The zero-order valence-electron chi connectivity index (χ0n) is 7.55. The number of Topliss-reactive ketones (excluding diaryl/α,β-unsaturated/α-hetero) is 1. The van der Waals surface area contributed by atoms with Crippen molar-refractivity contribution in [3.05, 3.63) is 26.9 Å². The third kappa shape index (κ3) is 2.53. The summed E-state index contributed by atoms with van der Waals surface area (Å²) in [6.07, 6.45) is 0.0586. The van der Waals surface area contributed by atoms with E-state index in [-0.39, 0.29) is 24.0 Å². The van der Waals surface area contributed by atoms with E-state index in [1.807, 2.05) is 0 Å². The molecule has 0 saturated carbocycles. The number of aromatic nitrogens is 1. The second kappa shape index (κ2) is 4.87. The molecule has 3 nitrogen and oxygen atoms in total. The van der Waals surface area contributed by atoms with Gasteiger partial charge in [0, 0.05) is 16.6 Å². The molecule has 0 spiro atoms. The number of aliphatic hydroxyl groups excluding tert-OH is 1. The van der Waals surface area contributed by atoms with E-state index in [2.05, 4.69) is 20.9 Å². The van der Waals surface area contributed by atoms with Gasteiger partial charge in [-0.2, -0.15) is 0 Å². The number of hydrogen-bond donors (Lipinski definition) is 1. The molecule has 14 heavy (non-hydrogen) atoms. The summed E-state index contributed by atoms with van der Waals surface area (Å²) in [6.45, 7) is 1.60. The van der Waals surface area contributed by atoms with Crippen molar-refractivity contribution in [2.45, 2.75) is 13.3 Å². The Morgan fingerprint density at radius 1 is 1.71 bits per heavy atom. The summed E-state index contributed by atoms with van der Waals surface area (Å²) >= 11 is 9.06. The van der Waals surface area contributed by atoms with Crippen LogP contribution in [-0.4, -0.2) is 22.5 Å². The lowest BCUT2D eigenvalue weighted by Gasteiger charge is -2.05. The lowest BCUT2D eigenvalue weighted by atomic mass is 10.1. The normalized spacial score (nSPS) is 10.3. The molecule has 1 aromatic rings. The van der Waals surface area contributed by atoms with E-state index in [0.29, 0.717) is 10.0 Å². The van der Waals surface area contributed by atoms with Crippen molar-refractivity contribution in [1.29, 1.82) is 0 Å². The molecule has 0 fully saturated rings. The molecule has 76 valence electrons. The van der Waals surface area contributed by atoms with Crippen LogP contribution < -0.4 is 0 Å². The standard InChI is InChI=1S/C9H9BrClNO2/c1-5-4-6(10)8(9(11)12-5)7(14)2-3-13/h4,13H,2-3H2,1H3. The highest BCUT2D eigenvalue weighted by Gasteiger charge is 2.15. The molecule has 1 N–H and O–H groups in total. The number of rotatable bonds is 3. The van der Waals surface area contributed by atoms with E-state index in [0.717, 1.165) is 5.69 Å². The number of ketones is 1. The number of nitrogens with zero attached hydrogens (tertiary/aromatic N) is 1. The van der Waals surface area contributed by atoms with Crippen LogP contribution in [0.4, 0.5) is 0 Å². The molecule has 0 aliphatic carbocycles. The SMILES string of the molecule is Cc1cc(Br)c(C(=O)CCO)c(Cl)n1. The molecular formula is C9H9BrClNO2. The van der Waals surface area contributed by atoms with Crippen molar-refractivity contribution in [1.82, 2.24) is 4.98 Å². The maximum Gasteiger partial charge on any atom is 0.169 e. The van der Waals surface area contributed by atoms with E-state index in [9.17, 15) is 4.79 Å². The van der Waals surface area contributed by atoms with Crippen LogP contribution in [0.2, 0.25) is 5.15 Å². The summed E-state index contributed by atoms with van der Waals surface area (Å²) in [5.74, 6) is -0.211. The molecule has 0 aromatic carbocycles. The Morgan fingerprint density at radius 3 is 2.86 bits per heavy atom. The number of aliphatic hydroxyl groups is 1. The molecule has 0 unspecified atom stereocenters. The Labute approximate surface area is 95.2 Å². The monoisotopic (exact) mass is 277 g/mol. The molecule has 0 aliphatic rings. The van der Waals surface area contributed by atoms with Gasteiger partial charge in [-0.3, -0.25) is 4.79 Å². The van der Waals surface area contributed by atoms with Gasteiger partial charge in [0.15, 0.2) is 5.78 Å². The van der Waals surface area contributed by atoms with Crippen LogP contribution in [0.25, 0.3) is 0 Å². The largest absolute Gasteiger partial charge is 0.396 e. The smallest absolute Gasteiger partial charge is 0.169 e. The summed E-state index contributed by atoms with van der Waals surface area (Å²) in [6, 6.07) is 1.72. The van der Waals surface area contributed by atoms with Crippen LogP contribution in [0.3, 0.4) is 0 Å². The Balaban J connectivity index is 3.14. The van der Waals surface area contributed by atoms with Crippen LogP contribution in [0.15, 0.2) is 10.5 Å². The molecule has 0 radical (unpaired) electrons. The highest BCUT2D eigenvalue weighted by Crippen LogP contribution is 2.25. The molecule has 1 rings (SSSR count). The summed E-state index contributed by atoms with van der Waals surface area (Å²) in [5.41, 5.74) is 1.08. The number of pyridine rings is 1. The molecule has 0 bridgehead atoms. The van der Waals surface area contributed by atoms with Gasteiger partial charge in [-0.25, -0.2) is 4.98 Å². The lowest BCUT2D eigenvalue weighted by Crippen LogP contribution is -2.05. The van der Waals surface area contributed by atoms with Gasteiger partial charge in [0.05, 0.1) is 12.2 Å². The quantitative estimate of drug-likeness (QED) is 0.682. The number of carbonyl (C=O) groups is 1. The predicted octanol–water partition coefficient (Wildman–Crippen LogP) is 2.37. The number of hydrogen-bond acceptors (Lipinski definition) is 3. The van der Waals surface area contributed by atoms with Crippen molar-refractivity contribution < 1.29 is 9.90 Å². The molecular weight excluding hydrogens is 269 g/mol. The van der Waals surface area contributed by atoms with Gasteiger partial charge in [-0.1, -0.05) is 11.6 Å². The molecule has 0 aliphatic heterocycles. The van der Waals surface area contributed by atoms with Crippen LogP contribution in [0.5, 0.6) is 0 Å². The third-order valence-electron chi connectivity index (χ3n) is 1.67. The van der Waals surface area contributed by atoms with Crippen LogP contribution in [0, 0.1) is 6.92 Å². The highest BCUT2D eigenvalue weighted by atomic mass is 79.9. The maximum atomic E-state index is 11.5. The first-order valence-corrected chi connectivity index (χ1v) is 5.20. The van der Waals surface area contributed by atoms with E-state index in [4.69, 9.17) is 16.7 Å². The fourth-order valence-electron chi connectivity index (χ4n) is 1.07. The van der Waals surface area contributed by atoms with Gasteiger partial charge < -0.3 is 5.11 Å². The summed E-state index contributed by atoms with van der Waals surface area (Å²) in [4.78, 5) is 15.5. The average molecular weight is 279 g/mol. The second-order valence-electron chi connectivity index (χ2n) is 2.81. The summed E-state index contributed by atoms with van der Waals surface area (Å²) in [5, 5.41) is 8.81. The van der Waals surface area contributed by atoms with Crippen LogP contribution in [-0.2, 0) is 0 Å². The summed E-state index contributed by atoms with van der Waals surface area (Å²) < 4.78 is 0.619. The fourth-order valence-corrected chi connectivity index (χ4v) is 2.27. The second-order valence-corrected chi connectivity index (χ2v) is 4.02. The zero-order valence-corrected chi connectivity index (χ0v) is 9.89. The molecule has 0 atom stereocenters. The Bertz CT molecular complexity index is 345. The summed E-state index contributed by atoms with van der Waals surface area (Å²) in [7, 11) is 0. The maximum absolute atomic E-state index is 11.5. The van der Waals surface area contributed by atoms with E-state index in [1.54, 1.807) is 13.0 Å². The van der Waals surface area contributed by atoms with Crippen LogP contribution in [0.1, 0.15) is 22.5 Å². The van der Waals surface area contributed by atoms with Crippen molar-refractivity contribution in [2.24, 2.45) is 0 Å². The van der Waals surface area contributed by atoms with Crippen molar-refractivity contribution in [2.75, 3.05) is 6.61 Å². The number of halogens is 2. The first-order valence-electron chi connectivity index (χ1n) is 4.03. The van der Waals surface area contributed by atoms with Gasteiger partial charge >= 0.3 is 0 Å². The van der Waals surface area contributed by atoms with Gasteiger partial charge in [-0.15, -0.1) is 0 Å².